The Morgan fingerprint density at radius 1 is 0.480 bits per heavy atom. The van der Waals surface area contributed by atoms with E-state index in [4.69, 9.17) is 9.40 Å². The Hall–Kier alpha value is -5.93. The van der Waals surface area contributed by atoms with Gasteiger partial charge in [0.25, 0.3) is 0 Å². The lowest BCUT2D eigenvalue weighted by molar-refractivity contribution is 0.623. The van der Waals surface area contributed by atoms with Crippen molar-refractivity contribution in [2.75, 3.05) is 4.90 Å². The lowest BCUT2D eigenvalue weighted by Crippen LogP contribution is -2.17. The maximum Gasteiger partial charge on any atom is 0.227 e. The zero-order valence-electron chi connectivity index (χ0n) is 28.7. The summed E-state index contributed by atoms with van der Waals surface area (Å²) in [5, 5.41) is 2.23. The summed E-state index contributed by atoms with van der Waals surface area (Å²) in [6, 6.07) is 52.8. The largest absolute Gasteiger partial charge is 0.435 e. The molecule has 0 fully saturated rings. The number of rotatable bonds is 4. The zero-order chi connectivity index (χ0) is 33.8. The fraction of sp³-hybridized carbons (Fsp3) is 0.128. The molecule has 0 N–H and O–H groups in total. The van der Waals surface area contributed by atoms with Crippen molar-refractivity contribution < 1.29 is 4.42 Å². The first-order valence-electron chi connectivity index (χ1n) is 17.5. The molecule has 0 radical (unpaired) electrons. The maximum atomic E-state index is 6.42. The number of benzene rings is 7. The molecule has 0 aliphatic heterocycles. The molecule has 0 atom stereocenters. The molecule has 3 heteroatoms. The number of hydrogen-bond donors (Lipinski definition) is 0. The van der Waals surface area contributed by atoms with Gasteiger partial charge in [0.1, 0.15) is 5.52 Å². The van der Waals surface area contributed by atoms with Crippen LogP contribution in [-0.4, -0.2) is 4.98 Å². The molecule has 1 aromatic heterocycles. The quantitative estimate of drug-likeness (QED) is 0.191. The van der Waals surface area contributed by atoms with Crippen LogP contribution in [0.15, 0.2) is 150 Å². The number of anilines is 3. The van der Waals surface area contributed by atoms with Crippen LogP contribution in [0.1, 0.15) is 49.9 Å². The van der Waals surface area contributed by atoms with E-state index in [1.165, 1.54) is 44.5 Å². The van der Waals surface area contributed by atoms with Gasteiger partial charge in [-0.25, -0.2) is 4.98 Å². The zero-order valence-corrected chi connectivity index (χ0v) is 28.7. The van der Waals surface area contributed by atoms with Gasteiger partial charge in [-0.15, -0.1) is 0 Å². The third kappa shape index (κ3) is 4.07. The van der Waals surface area contributed by atoms with Gasteiger partial charge in [-0.1, -0.05) is 119 Å². The van der Waals surface area contributed by atoms with E-state index >= 15 is 0 Å². The van der Waals surface area contributed by atoms with Gasteiger partial charge in [-0.05, 0) is 104 Å². The molecule has 0 spiro atoms. The molecule has 10 rings (SSSR count). The predicted octanol–water partition coefficient (Wildman–Crippen LogP) is 12.7. The second-order valence-corrected chi connectivity index (χ2v) is 14.8. The van der Waals surface area contributed by atoms with Crippen LogP contribution in [0.5, 0.6) is 0 Å². The summed E-state index contributed by atoms with van der Waals surface area (Å²) >= 11 is 0. The maximum absolute atomic E-state index is 6.42. The van der Waals surface area contributed by atoms with Crippen LogP contribution >= 0.6 is 0 Å². The first kappa shape index (κ1) is 29.0. The minimum atomic E-state index is -0.102. The third-order valence-electron chi connectivity index (χ3n) is 11.3. The van der Waals surface area contributed by atoms with E-state index < -0.39 is 0 Å². The second kappa shape index (κ2) is 10.3. The molecule has 3 nitrogen and oxygen atoms in total. The Morgan fingerprint density at radius 2 is 1.06 bits per heavy atom. The summed E-state index contributed by atoms with van der Waals surface area (Å²) in [4.78, 5) is 7.29. The molecule has 2 aliphatic carbocycles. The predicted molar refractivity (Wildman–Crippen MR) is 207 cm³/mol. The van der Waals surface area contributed by atoms with E-state index in [2.05, 4.69) is 166 Å². The van der Waals surface area contributed by atoms with Crippen LogP contribution in [0.25, 0.3) is 55.6 Å². The molecule has 1 heterocycles. The lowest BCUT2D eigenvalue weighted by Gasteiger charge is -2.29. The normalized spacial score (nSPS) is 14.7. The summed E-state index contributed by atoms with van der Waals surface area (Å²) in [6.45, 7) is 9.36. The molecular formula is C47H36N2O. The first-order valence-corrected chi connectivity index (χ1v) is 17.5. The molecular weight excluding hydrogens is 609 g/mol. The average Bonchev–Trinajstić information content (AvgIpc) is 3.76. The number of oxazole rings is 1. The fourth-order valence-electron chi connectivity index (χ4n) is 8.66. The average molecular weight is 645 g/mol. The van der Waals surface area contributed by atoms with Crippen molar-refractivity contribution in [1.29, 1.82) is 0 Å². The van der Waals surface area contributed by atoms with Crippen LogP contribution in [0.4, 0.5) is 17.1 Å². The van der Waals surface area contributed by atoms with E-state index in [1.54, 1.807) is 0 Å². The summed E-state index contributed by atoms with van der Waals surface area (Å²) in [6.07, 6.45) is 0. The Kier molecular flexibility index (Phi) is 5.97. The number of aromatic nitrogens is 1. The summed E-state index contributed by atoms with van der Waals surface area (Å²) in [5.74, 6) is 0.628. The van der Waals surface area contributed by atoms with Crippen molar-refractivity contribution in [1.82, 2.24) is 4.98 Å². The van der Waals surface area contributed by atoms with Crippen molar-refractivity contribution in [3.8, 4) is 33.7 Å². The third-order valence-corrected chi connectivity index (χ3v) is 11.3. The molecule has 240 valence electrons. The van der Waals surface area contributed by atoms with Crippen LogP contribution in [0.2, 0.25) is 0 Å². The van der Waals surface area contributed by atoms with Gasteiger partial charge in [0.15, 0.2) is 5.58 Å². The summed E-state index contributed by atoms with van der Waals surface area (Å²) in [5.41, 5.74) is 16.6. The van der Waals surface area contributed by atoms with E-state index in [0.717, 1.165) is 44.5 Å². The highest BCUT2D eigenvalue weighted by molar-refractivity contribution is 6.03. The van der Waals surface area contributed by atoms with Crippen molar-refractivity contribution >= 4 is 38.9 Å². The van der Waals surface area contributed by atoms with E-state index in [9.17, 15) is 0 Å². The SMILES string of the molecule is CC1(C)c2ccccc2-c2cc(N(c3ccc(-c4nc5ccc6ccccc6c5o4)cc3)c3ccc4c(c3)C(C)(C)c3ccccc3-4)ccc21. The highest BCUT2D eigenvalue weighted by Crippen LogP contribution is 2.53. The standard InChI is InChI=1S/C47H36N2O/c1-46(2)40-16-10-8-14-36(40)38-27-32(23-25-41(38)46)49(33-22-24-37-35-13-7-9-15-39(35)47(3,4)42(37)28-33)31-20-17-30(18-21-31)45-48-43-26-19-29-11-5-6-12-34(29)44(43)50-45/h5-28H,1-4H3. The molecule has 0 unspecified atom stereocenters. The lowest BCUT2D eigenvalue weighted by atomic mass is 9.82. The smallest absolute Gasteiger partial charge is 0.227 e. The molecule has 0 saturated heterocycles. The minimum absolute atomic E-state index is 0.0504. The molecule has 8 aromatic rings. The molecule has 2 aliphatic rings. The van der Waals surface area contributed by atoms with Gasteiger partial charge in [0.05, 0.1) is 0 Å². The van der Waals surface area contributed by atoms with Crippen LogP contribution < -0.4 is 4.90 Å². The molecule has 7 aromatic carbocycles. The fourth-order valence-corrected chi connectivity index (χ4v) is 8.66. The number of nitrogens with zero attached hydrogens (tertiary/aromatic N) is 2. The number of fused-ring (bicyclic) bond motifs is 9. The Bertz CT molecular complexity index is 2660. The Balaban J connectivity index is 1.12. The highest BCUT2D eigenvalue weighted by Gasteiger charge is 2.37. The topological polar surface area (TPSA) is 29.3 Å². The van der Waals surface area contributed by atoms with Crippen molar-refractivity contribution in [3.05, 3.63) is 168 Å². The van der Waals surface area contributed by atoms with Crippen molar-refractivity contribution in [2.45, 2.75) is 38.5 Å². The van der Waals surface area contributed by atoms with E-state index in [0.29, 0.717) is 5.89 Å². The molecule has 0 bridgehead atoms. The van der Waals surface area contributed by atoms with Crippen LogP contribution in [0.3, 0.4) is 0 Å². The van der Waals surface area contributed by atoms with Gasteiger partial charge in [0, 0.05) is 38.8 Å². The molecule has 0 amide bonds. The van der Waals surface area contributed by atoms with Crippen LogP contribution in [0, 0.1) is 0 Å². The van der Waals surface area contributed by atoms with Gasteiger partial charge in [-0.2, -0.15) is 0 Å². The minimum Gasteiger partial charge on any atom is -0.435 e. The van der Waals surface area contributed by atoms with Crippen molar-refractivity contribution in [2.24, 2.45) is 0 Å². The summed E-state index contributed by atoms with van der Waals surface area (Å²) in [7, 11) is 0. The highest BCUT2D eigenvalue weighted by atomic mass is 16.3. The first-order chi connectivity index (χ1) is 24.3. The van der Waals surface area contributed by atoms with Gasteiger partial charge >= 0.3 is 0 Å². The van der Waals surface area contributed by atoms with Gasteiger partial charge < -0.3 is 9.32 Å². The van der Waals surface area contributed by atoms with E-state index in [1.807, 2.05) is 12.1 Å². The summed E-state index contributed by atoms with van der Waals surface area (Å²) < 4.78 is 6.42. The molecule has 0 saturated carbocycles. The Labute approximate surface area is 292 Å². The second-order valence-electron chi connectivity index (χ2n) is 14.8. The van der Waals surface area contributed by atoms with Gasteiger partial charge in [-0.3, -0.25) is 0 Å². The van der Waals surface area contributed by atoms with Crippen molar-refractivity contribution in [3.63, 3.8) is 0 Å². The van der Waals surface area contributed by atoms with Crippen LogP contribution in [-0.2, 0) is 10.8 Å². The Morgan fingerprint density at radius 3 is 1.84 bits per heavy atom. The monoisotopic (exact) mass is 644 g/mol. The van der Waals surface area contributed by atoms with Gasteiger partial charge in [0.2, 0.25) is 5.89 Å². The number of hydrogen-bond acceptors (Lipinski definition) is 3. The molecule has 50 heavy (non-hydrogen) atoms. The van der Waals surface area contributed by atoms with E-state index in [-0.39, 0.29) is 10.8 Å².